The van der Waals surface area contributed by atoms with Gasteiger partial charge in [0.05, 0.1) is 28.0 Å². The summed E-state index contributed by atoms with van der Waals surface area (Å²) in [5.41, 5.74) is 2.12. The molecule has 0 spiro atoms. The van der Waals surface area contributed by atoms with Crippen LogP contribution in [0.2, 0.25) is 0 Å². The fraction of sp³-hybridized carbons (Fsp3) is 0.263. The Morgan fingerprint density at radius 3 is 2.50 bits per heavy atom. The number of imidazole rings is 1. The maximum absolute atomic E-state index is 13.4. The normalized spacial score (nSPS) is 16.5. The second kappa shape index (κ2) is 6.23. The van der Waals surface area contributed by atoms with Crippen LogP contribution in [0.1, 0.15) is 17.9 Å². The number of aryl methyl sites for hydroxylation is 2. The topological polar surface area (TPSA) is 102 Å². The molecule has 1 N–H and O–H groups in total. The summed E-state index contributed by atoms with van der Waals surface area (Å²) in [6.07, 6.45) is -0.144. The molecule has 146 valence electrons. The van der Waals surface area contributed by atoms with Gasteiger partial charge in [0.1, 0.15) is 0 Å². The van der Waals surface area contributed by atoms with Crippen LogP contribution in [-0.4, -0.2) is 35.2 Å². The van der Waals surface area contributed by atoms with Crippen LogP contribution >= 0.6 is 0 Å². The number of aromatic nitrogens is 2. The maximum atomic E-state index is 13.4. The first-order valence-corrected chi connectivity index (χ1v) is 10.1. The van der Waals surface area contributed by atoms with Crippen molar-refractivity contribution in [2.45, 2.75) is 17.2 Å². The minimum atomic E-state index is -3.92. The van der Waals surface area contributed by atoms with Crippen molar-refractivity contribution in [1.82, 2.24) is 9.13 Å². The monoisotopic (exact) mass is 401 g/mol. The van der Waals surface area contributed by atoms with Gasteiger partial charge in [0.15, 0.2) is 0 Å². The zero-order valence-electron chi connectivity index (χ0n) is 15.4. The number of para-hydroxylation sites is 1. The molecule has 0 amide bonds. The van der Waals surface area contributed by atoms with E-state index in [-0.39, 0.29) is 23.6 Å². The zero-order valence-corrected chi connectivity index (χ0v) is 16.2. The number of sulfonamides is 1. The summed E-state index contributed by atoms with van der Waals surface area (Å²) in [5, 5.41) is 9.18. The Labute approximate surface area is 161 Å². The lowest BCUT2D eigenvalue weighted by molar-refractivity contribution is -0.137. The van der Waals surface area contributed by atoms with Crippen LogP contribution < -0.4 is 9.99 Å². The highest BCUT2D eigenvalue weighted by atomic mass is 32.2. The van der Waals surface area contributed by atoms with Crippen molar-refractivity contribution in [1.29, 1.82) is 0 Å². The highest BCUT2D eigenvalue weighted by molar-refractivity contribution is 7.92. The van der Waals surface area contributed by atoms with E-state index in [0.29, 0.717) is 22.3 Å². The molecular weight excluding hydrogens is 382 g/mol. The molecule has 1 aromatic heterocycles. The zero-order chi connectivity index (χ0) is 20.2. The molecule has 9 heteroatoms. The second-order valence-corrected chi connectivity index (χ2v) is 8.80. The van der Waals surface area contributed by atoms with Crippen molar-refractivity contribution in [3.8, 4) is 0 Å². The van der Waals surface area contributed by atoms with Crippen LogP contribution in [0, 0.1) is 0 Å². The highest BCUT2D eigenvalue weighted by Gasteiger charge is 2.37. The van der Waals surface area contributed by atoms with Crippen LogP contribution in [0.25, 0.3) is 11.0 Å². The van der Waals surface area contributed by atoms with Gasteiger partial charge < -0.3 is 5.11 Å². The maximum Gasteiger partial charge on any atom is 0.328 e. The largest absolute Gasteiger partial charge is 0.481 e. The molecule has 2 aromatic carbocycles. The summed E-state index contributed by atoms with van der Waals surface area (Å²) in [7, 11) is -0.693. The molecule has 28 heavy (non-hydrogen) atoms. The molecule has 1 atom stereocenters. The van der Waals surface area contributed by atoms with Gasteiger partial charge in [-0.2, -0.15) is 0 Å². The van der Waals surface area contributed by atoms with Crippen LogP contribution in [-0.2, 0) is 28.9 Å². The molecule has 1 aliphatic rings. The Morgan fingerprint density at radius 2 is 1.79 bits per heavy atom. The number of carbonyl (C=O) groups is 1. The van der Waals surface area contributed by atoms with Crippen LogP contribution in [0.3, 0.4) is 0 Å². The molecule has 3 aromatic rings. The lowest BCUT2D eigenvalue weighted by atomic mass is 9.98. The Balaban J connectivity index is 1.83. The van der Waals surface area contributed by atoms with E-state index in [1.807, 2.05) is 0 Å². The van der Waals surface area contributed by atoms with Crippen LogP contribution in [0.15, 0.2) is 52.2 Å². The summed E-state index contributed by atoms with van der Waals surface area (Å²) in [6.45, 7) is 0.0692. The number of nitrogens with zero attached hydrogens (tertiary/aromatic N) is 3. The molecule has 0 saturated heterocycles. The van der Waals surface area contributed by atoms with E-state index in [4.69, 9.17) is 0 Å². The van der Waals surface area contributed by atoms with Crippen molar-refractivity contribution >= 4 is 32.7 Å². The lowest BCUT2D eigenvalue weighted by Gasteiger charge is -2.20. The molecule has 0 radical (unpaired) electrons. The molecular formula is C19H19N3O5S. The minimum Gasteiger partial charge on any atom is -0.481 e. The van der Waals surface area contributed by atoms with Crippen molar-refractivity contribution in [2.75, 3.05) is 10.8 Å². The van der Waals surface area contributed by atoms with Gasteiger partial charge in [0, 0.05) is 26.6 Å². The molecule has 4 rings (SSSR count). The van der Waals surface area contributed by atoms with Gasteiger partial charge in [-0.3, -0.25) is 18.2 Å². The average Bonchev–Trinajstić information content (AvgIpc) is 3.13. The standard InChI is InChI=1S/C19H19N3O5S/c1-20-16-8-7-13(10-17(16)21(2)19(20)25)28(26,27)22-11-12(9-18(23)24)14-5-3-4-6-15(14)22/h3-8,10,12H,9,11H2,1-2H3,(H,23,24). The van der Waals surface area contributed by atoms with E-state index in [2.05, 4.69) is 0 Å². The van der Waals surface area contributed by atoms with E-state index in [9.17, 15) is 23.1 Å². The first kappa shape index (κ1) is 18.3. The molecule has 0 aliphatic carbocycles. The summed E-state index contributed by atoms with van der Waals surface area (Å²) in [4.78, 5) is 23.4. The van der Waals surface area contributed by atoms with E-state index >= 15 is 0 Å². The van der Waals surface area contributed by atoms with Gasteiger partial charge in [-0.25, -0.2) is 13.2 Å². The van der Waals surface area contributed by atoms with Gasteiger partial charge in [-0.1, -0.05) is 18.2 Å². The smallest absolute Gasteiger partial charge is 0.328 e. The first-order valence-electron chi connectivity index (χ1n) is 8.70. The van der Waals surface area contributed by atoms with Gasteiger partial charge in [-0.15, -0.1) is 0 Å². The van der Waals surface area contributed by atoms with E-state index in [0.717, 1.165) is 0 Å². The predicted octanol–water partition coefficient (Wildman–Crippen LogP) is 1.64. The van der Waals surface area contributed by atoms with Gasteiger partial charge in [0.2, 0.25) is 0 Å². The Morgan fingerprint density at radius 1 is 1.11 bits per heavy atom. The molecule has 0 fully saturated rings. The number of hydrogen-bond donors (Lipinski definition) is 1. The van der Waals surface area contributed by atoms with Crippen LogP contribution in [0.5, 0.6) is 0 Å². The third-order valence-electron chi connectivity index (χ3n) is 5.28. The molecule has 1 aliphatic heterocycles. The minimum absolute atomic E-state index is 0.0620. The quantitative estimate of drug-likeness (QED) is 0.716. The van der Waals surface area contributed by atoms with Gasteiger partial charge >= 0.3 is 11.7 Å². The SMILES string of the molecule is Cn1c(=O)n(C)c2cc(S(=O)(=O)N3CC(CC(=O)O)c4ccccc43)ccc21. The molecule has 0 bridgehead atoms. The molecule has 1 unspecified atom stereocenters. The summed E-state index contributed by atoms with van der Waals surface area (Å²) >= 11 is 0. The molecule has 2 heterocycles. The average molecular weight is 401 g/mol. The van der Waals surface area contributed by atoms with Crippen LogP contribution in [0.4, 0.5) is 5.69 Å². The number of aliphatic carboxylic acids is 1. The molecule has 0 saturated carbocycles. The van der Waals surface area contributed by atoms with E-state index < -0.39 is 21.9 Å². The number of anilines is 1. The van der Waals surface area contributed by atoms with Crippen molar-refractivity contribution in [2.24, 2.45) is 14.1 Å². The van der Waals surface area contributed by atoms with Crippen molar-refractivity contribution < 1.29 is 18.3 Å². The number of benzene rings is 2. The third-order valence-corrected chi connectivity index (χ3v) is 7.06. The third kappa shape index (κ3) is 2.62. The molecule has 8 nitrogen and oxygen atoms in total. The Bertz CT molecular complexity index is 1270. The summed E-state index contributed by atoms with van der Waals surface area (Å²) in [5.74, 6) is -1.38. The number of hydrogen-bond acceptors (Lipinski definition) is 4. The van der Waals surface area contributed by atoms with Crippen molar-refractivity contribution in [3.63, 3.8) is 0 Å². The lowest BCUT2D eigenvalue weighted by Crippen LogP contribution is -2.30. The second-order valence-electron chi connectivity index (χ2n) is 6.94. The number of carboxylic acid groups (broad SMARTS) is 1. The Hall–Kier alpha value is -3.07. The van der Waals surface area contributed by atoms with E-state index in [1.54, 1.807) is 44.4 Å². The Kier molecular flexibility index (Phi) is 4.07. The van der Waals surface area contributed by atoms with Gasteiger partial charge in [-0.05, 0) is 29.8 Å². The predicted molar refractivity (Wildman–Crippen MR) is 104 cm³/mol. The fourth-order valence-corrected chi connectivity index (χ4v) is 5.40. The van der Waals surface area contributed by atoms with Gasteiger partial charge in [0.25, 0.3) is 10.0 Å². The summed E-state index contributed by atoms with van der Waals surface area (Å²) in [6, 6.07) is 11.5. The number of fused-ring (bicyclic) bond motifs is 2. The summed E-state index contributed by atoms with van der Waals surface area (Å²) < 4.78 is 30.8. The fourth-order valence-electron chi connectivity index (χ4n) is 3.84. The number of carboxylic acids is 1. The number of rotatable bonds is 4. The highest BCUT2D eigenvalue weighted by Crippen LogP contribution is 2.41. The van der Waals surface area contributed by atoms with E-state index in [1.165, 1.54) is 25.6 Å². The first-order chi connectivity index (χ1) is 13.2. The van der Waals surface area contributed by atoms with Crippen molar-refractivity contribution in [3.05, 3.63) is 58.5 Å².